The van der Waals surface area contributed by atoms with Crippen molar-refractivity contribution in [2.75, 3.05) is 32.8 Å². The van der Waals surface area contributed by atoms with Crippen molar-refractivity contribution >= 4 is 0 Å². The first-order valence-corrected chi connectivity index (χ1v) is 7.22. The monoisotopic (exact) mass is 242 g/mol. The molecule has 0 heterocycles. The highest BCUT2D eigenvalue weighted by Crippen LogP contribution is 2.34. The number of rotatable bonds is 7. The van der Waals surface area contributed by atoms with Crippen molar-refractivity contribution in [1.29, 1.82) is 0 Å². The van der Waals surface area contributed by atoms with Crippen LogP contribution in [0.2, 0.25) is 0 Å². The summed E-state index contributed by atoms with van der Waals surface area (Å²) < 4.78 is 6.16. The van der Waals surface area contributed by atoms with Crippen LogP contribution >= 0.6 is 0 Å². The van der Waals surface area contributed by atoms with Gasteiger partial charge >= 0.3 is 0 Å². The summed E-state index contributed by atoms with van der Waals surface area (Å²) in [5.41, 5.74) is 5.92. The van der Waals surface area contributed by atoms with Crippen molar-refractivity contribution in [3.63, 3.8) is 0 Å². The van der Waals surface area contributed by atoms with Crippen LogP contribution in [0.5, 0.6) is 0 Å². The van der Waals surface area contributed by atoms with Gasteiger partial charge in [-0.25, -0.2) is 0 Å². The number of hydrogen-bond donors (Lipinski definition) is 1. The summed E-state index contributed by atoms with van der Waals surface area (Å²) in [6.07, 6.45) is 4.89. The fraction of sp³-hybridized carbons (Fsp3) is 1.00. The normalized spacial score (nSPS) is 29.8. The lowest BCUT2D eigenvalue weighted by molar-refractivity contribution is -0.0789. The van der Waals surface area contributed by atoms with E-state index >= 15 is 0 Å². The van der Waals surface area contributed by atoms with Gasteiger partial charge in [0.05, 0.1) is 12.2 Å². The lowest BCUT2D eigenvalue weighted by Gasteiger charge is -2.39. The first kappa shape index (κ1) is 14.9. The molecule has 1 aliphatic carbocycles. The van der Waals surface area contributed by atoms with Gasteiger partial charge in [-0.05, 0) is 31.8 Å². The summed E-state index contributed by atoms with van der Waals surface area (Å²) in [6, 6.07) is 0. The molecule has 102 valence electrons. The lowest BCUT2D eigenvalue weighted by Crippen LogP contribution is -2.46. The van der Waals surface area contributed by atoms with Crippen molar-refractivity contribution in [3.05, 3.63) is 0 Å². The van der Waals surface area contributed by atoms with E-state index in [1.807, 2.05) is 0 Å². The van der Waals surface area contributed by atoms with Crippen LogP contribution in [0.25, 0.3) is 0 Å². The largest absolute Gasteiger partial charge is 0.372 e. The van der Waals surface area contributed by atoms with Crippen LogP contribution < -0.4 is 5.73 Å². The molecule has 0 amide bonds. The van der Waals surface area contributed by atoms with Crippen molar-refractivity contribution < 1.29 is 4.74 Å². The molecule has 0 aromatic heterocycles. The molecule has 2 atom stereocenters. The zero-order valence-electron chi connectivity index (χ0n) is 11.9. The average molecular weight is 242 g/mol. The fourth-order valence-corrected chi connectivity index (χ4v) is 2.92. The molecule has 2 N–H and O–H groups in total. The smallest absolute Gasteiger partial charge is 0.0807 e. The van der Waals surface area contributed by atoms with E-state index in [9.17, 15) is 0 Å². The first-order valence-electron chi connectivity index (χ1n) is 7.22. The Bertz CT molecular complexity index is 206. The molecular formula is C14H30N2O. The quantitative estimate of drug-likeness (QED) is 0.744. The second-order valence-electron chi connectivity index (χ2n) is 5.46. The second kappa shape index (κ2) is 7.34. The van der Waals surface area contributed by atoms with E-state index in [0.717, 1.165) is 45.0 Å². The van der Waals surface area contributed by atoms with Gasteiger partial charge in [-0.3, -0.25) is 0 Å². The van der Waals surface area contributed by atoms with Crippen molar-refractivity contribution in [3.8, 4) is 0 Å². The van der Waals surface area contributed by atoms with Gasteiger partial charge in [0.15, 0.2) is 0 Å². The Morgan fingerprint density at radius 3 is 2.59 bits per heavy atom. The van der Waals surface area contributed by atoms with Crippen molar-refractivity contribution in [1.82, 2.24) is 4.90 Å². The van der Waals surface area contributed by atoms with Gasteiger partial charge in [-0.15, -0.1) is 0 Å². The zero-order chi connectivity index (χ0) is 12.7. The molecule has 3 nitrogen and oxygen atoms in total. The Balaban J connectivity index is 2.35. The van der Waals surface area contributed by atoms with E-state index in [2.05, 4.69) is 25.7 Å². The topological polar surface area (TPSA) is 38.5 Å². The maximum Gasteiger partial charge on any atom is 0.0807 e. The number of likely N-dealkylation sites (N-methyl/N-ethyl adjacent to an activating group) is 1. The molecular weight excluding hydrogens is 212 g/mol. The number of hydrogen-bond acceptors (Lipinski definition) is 3. The third-order valence-electron chi connectivity index (χ3n) is 4.13. The number of nitrogens with zero attached hydrogens (tertiary/aromatic N) is 1. The third kappa shape index (κ3) is 4.57. The summed E-state index contributed by atoms with van der Waals surface area (Å²) in [7, 11) is 0. The van der Waals surface area contributed by atoms with Crippen LogP contribution in [-0.4, -0.2) is 43.3 Å². The Labute approximate surface area is 107 Å². The van der Waals surface area contributed by atoms with E-state index in [1.54, 1.807) is 0 Å². The molecule has 17 heavy (non-hydrogen) atoms. The first-order chi connectivity index (χ1) is 8.15. The van der Waals surface area contributed by atoms with Crippen molar-refractivity contribution in [2.45, 2.75) is 52.1 Å². The predicted octanol–water partition coefficient (Wildman–Crippen LogP) is 2.25. The predicted molar refractivity (Wildman–Crippen MR) is 73.2 cm³/mol. The SMILES string of the molecule is CCN(CC)CCOC1(CN)CCCC(C)C1. The van der Waals surface area contributed by atoms with Crippen molar-refractivity contribution in [2.24, 2.45) is 11.7 Å². The maximum absolute atomic E-state index is 6.16. The highest BCUT2D eigenvalue weighted by Gasteiger charge is 2.34. The minimum atomic E-state index is -0.0230. The molecule has 0 aromatic carbocycles. The highest BCUT2D eigenvalue weighted by atomic mass is 16.5. The van der Waals surface area contributed by atoms with E-state index < -0.39 is 0 Å². The molecule has 3 heteroatoms. The molecule has 0 aromatic rings. The van der Waals surface area contributed by atoms with Crippen LogP contribution in [0.3, 0.4) is 0 Å². The van der Waals surface area contributed by atoms with Crippen LogP contribution in [0.1, 0.15) is 46.5 Å². The molecule has 1 rings (SSSR count). The summed E-state index contributed by atoms with van der Waals surface area (Å²) in [6.45, 7) is 11.5. The van der Waals surface area contributed by atoms with Crippen LogP contribution in [-0.2, 0) is 4.74 Å². The summed E-state index contributed by atoms with van der Waals surface area (Å²) >= 11 is 0. The van der Waals surface area contributed by atoms with Gasteiger partial charge in [0, 0.05) is 13.1 Å². The lowest BCUT2D eigenvalue weighted by atomic mass is 9.79. The molecule has 0 radical (unpaired) electrons. The molecule has 0 bridgehead atoms. The molecule has 0 spiro atoms. The van der Waals surface area contributed by atoms with Crippen LogP contribution in [0.15, 0.2) is 0 Å². The molecule has 0 saturated heterocycles. The Hall–Kier alpha value is -0.120. The number of ether oxygens (including phenoxy) is 1. The molecule has 1 saturated carbocycles. The summed E-state index contributed by atoms with van der Waals surface area (Å²) in [5, 5.41) is 0. The minimum absolute atomic E-state index is 0.0230. The molecule has 0 aliphatic heterocycles. The summed E-state index contributed by atoms with van der Waals surface area (Å²) in [4.78, 5) is 2.40. The van der Waals surface area contributed by atoms with Gasteiger partial charge in [0.1, 0.15) is 0 Å². The molecule has 1 fully saturated rings. The second-order valence-corrected chi connectivity index (χ2v) is 5.46. The standard InChI is InChI=1S/C14H30N2O/c1-4-16(5-2)9-10-17-14(12-15)8-6-7-13(3)11-14/h13H,4-12,15H2,1-3H3. The zero-order valence-corrected chi connectivity index (χ0v) is 11.9. The Morgan fingerprint density at radius 1 is 1.35 bits per heavy atom. The van der Waals surface area contributed by atoms with E-state index in [-0.39, 0.29) is 5.60 Å². The minimum Gasteiger partial charge on any atom is -0.372 e. The fourth-order valence-electron chi connectivity index (χ4n) is 2.92. The van der Waals surface area contributed by atoms with E-state index in [1.165, 1.54) is 12.8 Å². The van der Waals surface area contributed by atoms with Crippen LogP contribution in [0.4, 0.5) is 0 Å². The Morgan fingerprint density at radius 2 is 2.06 bits per heavy atom. The van der Waals surface area contributed by atoms with Gasteiger partial charge in [-0.2, -0.15) is 0 Å². The van der Waals surface area contributed by atoms with Gasteiger partial charge < -0.3 is 15.4 Å². The van der Waals surface area contributed by atoms with Gasteiger partial charge in [0.2, 0.25) is 0 Å². The summed E-state index contributed by atoms with van der Waals surface area (Å²) in [5.74, 6) is 0.765. The van der Waals surface area contributed by atoms with E-state index in [0.29, 0.717) is 6.54 Å². The molecule has 1 aliphatic rings. The molecule has 2 unspecified atom stereocenters. The maximum atomic E-state index is 6.16. The average Bonchev–Trinajstić information content (AvgIpc) is 2.35. The number of nitrogens with two attached hydrogens (primary N) is 1. The third-order valence-corrected chi connectivity index (χ3v) is 4.13. The Kier molecular flexibility index (Phi) is 6.45. The van der Waals surface area contributed by atoms with E-state index in [4.69, 9.17) is 10.5 Å². The van der Waals surface area contributed by atoms with Gasteiger partial charge in [0.25, 0.3) is 0 Å². The van der Waals surface area contributed by atoms with Crippen LogP contribution in [0, 0.1) is 5.92 Å². The highest BCUT2D eigenvalue weighted by molar-refractivity contribution is 4.88. The van der Waals surface area contributed by atoms with Gasteiger partial charge in [-0.1, -0.05) is 33.6 Å².